The van der Waals surface area contributed by atoms with Crippen molar-refractivity contribution >= 4 is 17.7 Å². The van der Waals surface area contributed by atoms with E-state index in [1.807, 2.05) is 19.9 Å². The van der Waals surface area contributed by atoms with Gasteiger partial charge in [0, 0.05) is 23.2 Å². The zero-order valence-corrected chi connectivity index (χ0v) is 12.2. The van der Waals surface area contributed by atoms with Gasteiger partial charge in [-0.15, -0.1) is 0 Å². The van der Waals surface area contributed by atoms with Gasteiger partial charge in [0.05, 0.1) is 6.04 Å². The maximum Gasteiger partial charge on any atom is 0.234 e. The van der Waals surface area contributed by atoms with Crippen molar-refractivity contribution in [1.82, 2.24) is 15.3 Å². The van der Waals surface area contributed by atoms with Crippen LogP contribution < -0.4 is 11.1 Å². The van der Waals surface area contributed by atoms with Gasteiger partial charge in [-0.3, -0.25) is 4.79 Å². The molecular formula is C13H20N4OS. The summed E-state index contributed by atoms with van der Waals surface area (Å²) in [6, 6.07) is 2.20. The standard InChI is InChI=1S/C13H20N4OS/c1-8-7-9(2)16-13(15-8)19-6-5-11(12(14)18)17-10-3-4-10/h7,10-11,17H,3-6H2,1-2H3,(H2,14,18). The van der Waals surface area contributed by atoms with Gasteiger partial charge in [0.1, 0.15) is 0 Å². The third-order valence-corrected chi connectivity index (χ3v) is 3.84. The molecule has 5 nitrogen and oxygen atoms in total. The minimum absolute atomic E-state index is 0.231. The molecule has 1 aromatic rings. The number of nitrogens with zero attached hydrogens (tertiary/aromatic N) is 2. The van der Waals surface area contributed by atoms with Gasteiger partial charge >= 0.3 is 0 Å². The zero-order chi connectivity index (χ0) is 13.8. The van der Waals surface area contributed by atoms with Crippen LogP contribution in [0.25, 0.3) is 0 Å². The molecule has 0 aliphatic heterocycles. The molecule has 1 aliphatic carbocycles. The molecule has 1 saturated carbocycles. The number of hydrogen-bond donors (Lipinski definition) is 2. The van der Waals surface area contributed by atoms with Crippen molar-refractivity contribution in [3.63, 3.8) is 0 Å². The SMILES string of the molecule is Cc1cc(C)nc(SCCC(NC2CC2)C(N)=O)n1. The van der Waals surface area contributed by atoms with Crippen LogP contribution in [0.3, 0.4) is 0 Å². The first-order valence-electron chi connectivity index (χ1n) is 6.55. The first-order chi connectivity index (χ1) is 9.04. The third kappa shape index (κ3) is 4.80. The smallest absolute Gasteiger partial charge is 0.234 e. The van der Waals surface area contributed by atoms with E-state index >= 15 is 0 Å². The van der Waals surface area contributed by atoms with Gasteiger partial charge in [-0.2, -0.15) is 0 Å². The summed E-state index contributed by atoms with van der Waals surface area (Å²) < 4.78 is 0. The number of carbonyl (C=O) groups excluding carboxylic acids is 1. The number of hydrogen-bond acceptors (Lipinski definition) is 5. The second-order valence-electron chi connectivity index (χ2n) is 4.97. The first kappa shape index (κ1) is 14.3. The molecule has 2 rings (SSSR count). The van der Waals surface area contributed by atoms with E-state index in [2.05, 4.69) is 15.3 Å². The van der Waals surface area contributed by atoms with Gasteiger partial charge in [0.2, 0.25) is 5.91 Å². The molecule has 1 amide bonds. The minimum atomic E-state index is -0.270. The van der Waals surface area contributed by atoms with E-state index in [9.17, 15) is 4.79 Å². The van der Waals surface area contributed by atoms with Crippen molar-refractivity contribution in [3.05, 3.63) is 17.5 Å². The highest BCUT2D eigenvalue weighted by molar-refractivity contribution is 7.99. The molecule has 0 aromatic carbocycles. The fraction of sp³-hybridized carbons (Fsp3) is 0.615. The molecule has 0 spiro atoms. The quantitative estimate of drug-likeness (QED) is 0.579. The van der Waals surface area contributed by atoms with Crippen LogP contribution in [-0.2, 0) is 4.79 Å². The Bertz CT molecular complexity index is 442. The fourth-order valence-electron chi connectivity index (χ4n) is 1.87. The van der Waals surface area contributed by atoms with Crippen LogP contribution in [0.4, 0.5) is 0 Å². The van der Waals surface area contributed by atoms with Crippen LogP contribution in [0, 0.1) is 13.8 Å². The van der Waals surface area contributed by atoms with Gasteiger partial charge in [0.15, 0.2) is 5.16 Å². The summed E-state index contributed by atoms with van der Waals surface area (Å²) >= 11 is 1.57. The summed E-state index contributed by atoms with van der Waals surface area (Å²) in [6.45, 7) is 3.92. The second kappa shape index (κ2) is 6.34. The monoisotopic (exact) mass is 280 g/mol. The largest absolute Gasteiger partial charge is 0.368 e. The summed E-state index contributed by atoms with van der Waals surface area (Å²) in [6.07, 6.45) is 3.01. The lowest BCUT2D eigenvalue weighted by molar-refractivity contribution is -0.120. The highest BCUT2D eigenvalue weighted by atomic mass is 32.2. The maximum atomic E-state index is 11.3. The first-order valence-corrected chi connectivity index (χ1v) is 7.53. The normalized spacial score (nSPS) is 16.3. The van der Waals surface area contributed by atoms with E-state index in [0.29, 0.717) is 12.5 Å². The average Bonchev–Trinajstić information content (AvgIpc) is 3.10. The van der Waals surface area contributed by atoms with E-state index in [4.69, 9.17) is 5.73 Å². The Morgan fingerprint density at radius 2 is 2.11 bits per heavy atom. The van der Waals surface area contributed by atoms with Gasteiger partial charge in [-0.1, -0.05) is 11.8 Å². The molecule has 1 atom stereocenters. The van der Waals surface area contributed by atoms with E-state index < -0.39 is 0 Å². The highest BCUT2D eigenvalue weighted by Crippen LogP contribution is 2.21. The van der Waals surface area contributed by atoms with Gasteiger partial charge < -0.3 is 11.1 Å². The van der Waals surface area contributed by atoms with Gasteiger partial charge in [-0.05, 0) is 39.2 Å². The van der Waals surface area contributed by atoms with Crippen LogP contribution in [0.2, 0.25) is 0 Å². The van der Waals surface area contributed by atoms with Crippen LogP contribution in [-0.4, -0.2) is 33.7 Å². The number of aromatic nitrogens is 2. The van der Waals surface area contributed by atoms with Crippen LogP contribution >= 0.6 is 11.8 Å². The predicted octanol–water partition coefficient (Wildman–Crippen LogP) is 1.18. The molecule has 0 bridgehead atoms. The highest BCUT2D eigenvalue weighted by Gasteiger charge is 2.26. The van der Waals surface area contributed by atoms with E-state index in [1.54, 1.807) is 11.8 Å². The van der Waals surface area contributed by atoms with Crippen molar-refractivity contribution in [2.24, 2.45) is 5.73 Å². The van der Waals surface area contributed by atoms with Crippen molar-refractivity contribution in [1.29, 1.82) is 0 Å². The molecule has 1 fully saturated rings. The Labute approximate surface area is 117 Å². The minimum Gasteiger partial charge on any atom is -0.368 e. The molecule has 6 heteroatoms. The van der Waals surface area contributed by atoms with Crippen molar-refractivity contribution in [2.75, 3.05) is 5.75 Å². The molecule has 1 aliphatic rings. The molecule has 0 radical (unpaired) electrons. The third-order valence-electron chi connectivity index (χ3n) is 2.96. The lowest BCUT2D eigenvalue weighted by atomic mass is 10.2. The summed E-state index contributed by atoms with van der Waals surface area (Å²) in [5.41, 5.74) is 7.34. The van der Waals surface area contributed by atoms with Crippen molar-refractivity contribution in [3.8, 4) is 0 Å². The Morgan fingerprint density at radius 1 is 1.47 bits per heavy atom. The second-order valence-corrected chi connectivity index (χ2v) is 6.03. The van der Waals surface area contributed by atoms with Crippen LogP contribution in [0.15, 0.2) is 11.2 Å². The molecule has 1 heterocycles. The summed E-state index contributed by atoms with van der Waals surface area (Å²) in [5.74, 6) is 0.518. The maximum absolute atomic E-state index is 11.3. The van der Waals surface area contributed by atoms with Gasteiger partial charge in [0.25, 0.3) is 0 Å². The summed E-state index contributed by atoms with van der Waals surface area (Å²) in [5, 5.41) is 4.04. The molecule has 104 valence electrons. The lowest BCUT2D eigenvalue weighted by Gasteiger charge is -2.14. The van der Waals surface area contributed by atoms with E-state index in [-0.39, 0.29) is 11.9 Å². The topological polar surface area (TPSA) is 80.9 Å². The predicted molar refractivity (Wildman–Crippen MR) is 76.0 cm³/mol. The lowest BCUT2D eigenvalue weighted by Crippen LogP contribution is -2.42. The van der Waals surface area contributed by atoms with E-state index in [1.165, 1.54) is 0 Å². The number of primary amides is 1. The number of aryl methyl sites for hydroxylation is 2. The molecule has 3 N–H and O–H groups in total. The number of amides is 1. The number of rotatable bonds is 7. The number of carbonyl (C=O) groups is 1. The van der Waals surface area contributed by atoms with E-state index in [0.717, 1.165) is 35.1 Å². The molecular weight excluding hydrogens is 260 g/mol. The Kier molecular flexibility index (Phi) is 4.76. The molecule has 0 saturated heterocycles. The van der Waals surface area contributed by atoms with Crippen LogP contribution in [0.5, 0.6) is 0 Å². The number of nitrogens with two attached hydrogens (primary N) is 1. The summed E-state index contributed by atoms with van der Waals surface area (Å²) in [4.78, 5) is 20.1. The molecule has 19 heavy (non-hydrogen) atoms. The fourth-order valence-corrected chi connectivity index (χ4v) is 2.82. The van der Waals surface area contributed by atoms with Crippen molar-refractivity contribution in [2.45, 2.75) is 50.4 Å². The summed E-state index contributed by atoms with van der Waals surface area (Å²) in [7, 11) is 0. The molecule has 1 unspecified atom stereocenters. The number of thioether (sulfide) groups is 1. The van der Waals surface area contributed by atoms with Crippen molar-refractivity contribution < 1.29 is 4.79 Å². The van der Waals surface area contributed by atoms with Gasteiger partial charge in [-0.25, -0.2) is 9.97 Å². The average molecular weight is 280 g/mol. The Balaban J connectivity index is 1.81. The Hall–Kier alpha value is -1.14. The zero-order valence-electron chi connectivity index (χ0n) is 11.3. The Morgan fingerprint density at radius 3 is 2.63 bits per heavy atom. The van der Waals surface area contributed by atoms with Crippen LogP contribution in [0.1, 0.15) is 30.7 Å². The molecule has 1 aromatic heterocycles. The number of nitrogens with one attached hydrogen (secondary N) is 1.